The summed E-state index contributed by atoms with van der Waals surface area (Å²) in [7, 11) is 1.98. The molecular weight excluding hydrogens is 351 g/mol. The average molecular weight is 375 g/mol. The zero-order valence-electron chi connectivity index (χ0n) is 13.6. The highest BCUT2D eigenvalue weighted by Gasteiger charge is 2.26. The van der Waals surface area contributed by atoms with Gasteiger partial charge in [0.2, 0.25) is 5.91 Å². The van der Waals surface area contributed by atoms with E-state index in [0.29, 0.717) is 10.0 Å². The molecule has 0 aliphatic carbocycles. The third kappa shape index (κ3) is 5.56. The first-order valence-electron chi connectivity index (χ1n) is 8.06. The van der Waals surface area contributed by atoms with Crippen molar-refractivity contribution < 1.29 is 4.79 Å². The lowest BCUT2D eigenvalue weighted by atomic mass is 9.93. The van der Waals surface area contributed by atoms with E-state index in [1.54, 1.807) is 12.1 Å². The Balaban J connectivity index is 1.87. The van der Waals surface area contributed by atoms with Crippen LogP contribution in [0.3, 0.4) is 0 Å². The predicted octanol–water partition coefficient (Wildman–Crippen LogP) is 4.32. The van der Waals surface area contributed by atoms with Crippen molar-refractivity contribution in [3.63, 3.8) is 0 Å². The van der Waals surface area contributed by atoms with E-state index < -0.39 is 0 Å². The molecule has 128 valence electrons. The van der Waals surface area contributed by atoms with Crippen LogP contribution in [0.2, 0.25) is 10.0 Å². The van der Waals surface area contributed by atoms with E-state index >= 15 is 0 Å². The Kier molecular flexibility index (Phi) is 7.54. The number of hydrogen-bond acceptors (Lipinski definition) is 3. The van der Waals surface area contributed by atoms with E-state index in [1.807, 2.05) is 24.9 Å². The SMILES string of the molecule is CNCCC1CCN(C(=O)C(C)Sc2cc(Cl)ccc2Cl)CC1. The Hall–Kier alpha value is -0.420. The molecule has 1 fully saturated rings. The largest absolute Gasteiger partial charge is 0.342 e. The van der Waals surface area contributed by atoms with Crippen molar-refractivity contribution in [2.24, 2.45) is 5.92 Å². The number of amides is 1. The van der Waals surface area contributed by atoms with Crippen molar-refractivity contribution >= 4 is 40.9 Å². The Bertz CT molecular complexity index is 533. The molecule has 1 heterocycles. The number of nitrogens with one attached hydrogen (secondary N) is 1. The van der Waals surface area contributed by atoms with Gasteiger partial charge in [0.1, 0.15) is 0 Å². The Labute approximate surface area is 153 Å². The number of benzene rings is 1. The minimum atomic E-state index is -0.153. The van der Waals surface area contributed by atoms with E-state index in [4.69, 9.17) is 23.2 Å². The smallest absolute Gasteiger partial charge is 0.235 e. The van der Waals surface area contributed by atoms with Gasteiger partial charge in [0, 0.05) is 23.0 Å². The number of carbonyl (C=O) groups excluding carboxylic acids is 1. The number of thioether (sulfide) groups is 1. The number of likely N-dealkylation sites (tertiary alicyclic amines) is 1. The molecule has 1 aromatic carbocycles. The second-order valence-electron chi connectivity index (χ2n) is 6.00. The predicted molar refractivity (Wildman–Crippen MR) is 99.6 cm³/mol. The summed E-state index contributed by atoms with van der Waals surface area (Å²) >= 11 is 13.7. The zero-order valence-corrected chi connectivity index (χ0v) is 16.0. The summed E-state index contributed by atoms with van der Waals surface area (Å²) < 4.78 is 0. The summed E-state index contributed by atoms with van der Waals surface area (Å²) in [5, 5.41) is 4.33. The molecule has 0 saturated carbocycles. The summed E-state index contributed by atoms with van der Waals surface area (Å²) in [5.41, 5.74) is 0. The van der Waals surface area contributed by atoms with E-state index in [9.17, 15) is 4.79 Å². The molecular formula is C17H24Cl2N2OS. The molecule has 2 rings (SSSR count). The first-order chi connectivity index (χ1) is 11.0. The van der Waals surface area contributed by atoms with Crippen molar-refractivity contribution in [1.29, 1.82) is 0 Å². The summed E-state index contributed by atoms with van der Waals surface area (Å²) in [4.78, 5) is 15.5. The highest BCUT2D eigenvalue weighted by molar-refractivity contribution is 8.00. The molecule has 3 nitrogen and oxygen atoms in total. The number of nitrogens with zero attached hydrogens (tertiary/aromatic N) is 1. The van der Waals surface area contributed by atoms with Gasteiger partial charge in [-0.2, -0.15) is 0 Å². The molecule has 1 unspecified atom stereocenters. The Morgan fingerprint density at radius 1 is 1.39 bits per heavy atom. The van der Waals surface area contributed by atoms with Gasteiger partial charge in [0.05, 0.1) is 10.3 Å². The zero-order chi connectivity index (χ0) is 16.8. The van der Waals surface area contributed by atoms with Crippen LogP contribution in [0.4, 0.5) is 0 Å². The summed E-state index contributed by atoms with van der Waals surface area (Å²) in [6.45, 7) is 4.72. The standard InChI is InChI=1S/C17H24Cl2N2OS/c1-12(23-16-11-14(18)3-4-15(16)19)17(22)21-9-6-13(7-10-21)5-8-20-2/h3-4,11-13,20H,5-10H2,1-2H3. The summed E-state index contributed by atoms with van der Waals surface area (Å²) in [6.07, 6.45) is 3.40. The van der Waals surface area contributed by atoms with Gasteiger partial charge in [-0.1, -0.05) is 23.2 Å². The topological polar surface area (TPSA) is 32.3 Å². The molecule has 1 atom stereocenters. The van der Waals surface area contributed by atoms with E-state index in [0.717, 1.165) is 43.3 Å². The third-order valence-electron chi connectivity index (χ3n) is 4.27. The lowest BCUT2D eigenvalue weighted by Crippen LogP contribution is -2.42. The molecule has 1 aliphatic rings. The normalized spacial score (nSPS) is 17.3. The summed E-state index contributed by atoms with van der Waals surface area (Å²) in [5.74, 6) is 0.926. The van der Waals surface area contributed by atoms with Crippen LogP contribution < -0.4 is 5.32 Å². The van der Waals surface area contributed by atoms with Crippen molar-refractivity contribution in [3.8, 4) is 0 Å². The fraction of sp³-hybridized carbons (Fsp3) is 0.588. The number of piperidine rings is 1. The van der Waals surface area contributed by atoms with Crippen LogP contribution in [-0.4, -0.2) is 42.7 Å². The van der Waals surface area contributed by atoms with Crippen LogP contribution >= 0.6 is 35.0 Å². The van der Waals surface area contributed by atoms with Crippen LogP contribution in [0.5, 0.6) is 0 Å². The number of halogens is 2. The van der Waals surface area contributed by atoms with Crippen molar-refractivity contribution in [2.75, 3.05) is 26.7 Å². The third-order valence-corrected chi connectivity index (χ3v) is 6.10. The fourth-order valence-electron chi connectivity index (χ4n) is 2.86. The minimum absolute atomic E-state index is 0.153. The molecule has 1 N–H and O–H groups in total. The van der Waals surface area contributed by atoms with Gasteiger partial charge in [-0.3, -0.25) is 4.79 Å². The van der Waals surface area contributed by atoms with Crippen molar-refractivity contribution in [1.82, 2.24) is 10.2 Å². The Morgan fingerprint density at radius 2 is 2.09 bits per heavy atom. The molecule has 1 aliphatic heterocycles. The number of hydrogen-bond donors (Lipinski definition) is 1. The highest BCUT2D eigenvalue weighted by atomic mass is 35.5. The molecule has 23 heavy (non-hydrogen) atoms. The van der Waals surface area contributed by atoms with Gasteiger partial charge in [-0.05, 0) is 63.9 Å². The first kappa shape index (κ1) is 18.9. The fourth-order valence-corrected chi connectivity index (χ4v) is 4.35. The van der Waals surface area contributed by atoms with Gasteiger partial charge in [0.15, 0.2) is 0 Å². The van der Waals surface area contributed by atoms with E-state index in [-0.39, 0.29) is 11.2 Å². The maximum atomic E-state index is 12.6. The molecule has 1 saturated heterocycles. The highest BCUT2D eigenvalue weighted by Crippen LogP contribution is 2.33. The molecule has 1 aromatic rings. The van der Waals surface area contributed by atoms with Gasteiger partial charge in [0.25, 0.3) is 0 Å². The monoisotopic (exact) mass is 374 g/mol. The molecule has 0 bridgehead atoms. The number of carbonyl (C=O) groups is 1. The van der Waals surface area contributed by atoms with Crippen LogP contribution in [0, 0.1) is 5.92 Å². The lowest BCUT2D eigenvalue weighted by Gasteiger charge is -2.33. The van der Waals surface area contributed by atoms with Gasteiger partial charge in [-0.15, -0.1) is 11.8 Å². The molecule has 0 spiro atoms. The maximum absolute atomic E-state index is 12.6. The van der Waals surface area contributed by atoms with Crippen LogP contribution in [0.25, 0.3) is 0 Å². The van der Waals surface area contributed by atoms with E-state index in [1.165, 1.54) is 18.2 Å². The van der Waals surface area contributed by atoms with Crippen LogP contribution in [-0.2, 0) is 4.79 Å². The summed E-state index contributed by atoms with van der Waals surface area (Å²) in [6, 6.07) is 5.36. The molecule has 6 heteroatoms. The van der Waals surface area contributed by atoms with Gasteiger partial charge < -0.3 is 10.2 Å². The quantitative estimate of drug-likeness (QED) is 0.752. The molecule has 0 aromatic heterocycles. The molecule has 0 radical (unpaired) electrons. The minimum Gasteiger partial charge on any atom is -0.342 e. The second-order valence-corrected chi connectivity index (χ2v) is 8.22. The lowest BCUT2D eigenvalue weighted by molar-refractivity contribution is -0.131. The van der Waals surface area contributed by atoms with Crippen molar-refractivity contribution in [2.45, 2.75) is 36.3 Å². The molecule has 1 amide bonds. The van der Waals surface area contributed by atoms with Crippen LogP contribution in [0.1, 0.15) is 26.2 Å². The second kappa shape index (κ2) is 9.16. The van der Waals surface area contributed by atoms with Gasteiger partial charge >= 0.3 is 0 Å². The van der Waals surface area contributed by atoms with E-state index in [2.05, 4.69) is 5.32 Å². The maximum Gasteiger partial charge on any atom is 0.235 e. The first-order valence-corrected chi connectivity index (χ1v) is 9.70. The Morgan fingerprint density at radius 3 is 2.74 bits per heavy atom. The number of rotatable bonds is 6. The average Bonchev–Trinajstić information content (AvgIpc) is 2.56. The van der Waals surface area contributed by atoms with Gasteiger partial charge in [-0.25, -0.2) is 0 Å². The van der Waals surface area contributed by atoms with Crippen molar-refractivity contribution in [3.05, 3.63) is 28.2 Å². The van der Waals surface area contributed by atoms with Crippen LogP contribution in [0.15, 0.2) is 23.1 Å².